The summed E-state index contributed by atoms with van der Waals surface area (Å²) in [6.45, 7) is 0. The zero-order chi connectivity index (χ0) is 7.56. The fourth-order valence-corrected chi connectivity index (χ4v) is 1.86. The number of hydrogen-bond acceptors (Lipinski definition) is 1. The van der Waals surface area contributed by atoms with Crippen LogP contribution in [-0.4, -0.2) is 5.52 Å². The number of halogens is 1. The fourth-order valence-electron chi connectivity index (χ4n) is 0.661. The fraction of sp³-hybridized carbons (Fsp3) is 0. The second-order valence-electron chi connectivity index (χ2n) is 1.84. The van der Waals surface area contributed by atoms with Crippen molar-refractivity contribution in [1.29, 1.82) is 0 Å². The molecule has 10 heavy (non-hydrogen) atoms. The van der Waals surface area contributed by atoms with Crippen LogP contribution in [0.15, 0.2) is 24.3 Å². The van der Waals surface area contributed by atoms with E-state index in [1.807, 2.05) is 24.3 Å². The maximum absolute atomic E-state index is 10.8. The van der Waals surface area contributed by atoms with E-state index in [1.54, 1.807) is 0 Å². The van der Waals surface area contributed by atoms with Crippen LogP contribution < -0.4 is 0 Å². The van der Waals surface area contributed by atoms with Crippen molar-refractivity contribution in [3.63, 3.8) is 0 Å². The van der Waals surface area contributed by atoms with Gasteiger partial charge < -0.3 is 0 Å². The van der Waals surface area contributed by atoms with E-state index in [9.17, 15) is 4.79 Å². The van der Waals surface area contributed by atoms with Crippen molar-refractivity contribution in [3.8, 4) is 0 Å². The molecule has 0 saturated carbocycles. The number of rotatable bonds is 1. The van der Waals surface area contributed by atoms with Crippen LogP contribution in [0.1, 0.15) is 10.4 Å². The molecule has 1 unspecified atom stereocenters. The maximum atomic E-state index is 10.8. The molecule has 0 aliphatic rings. The van der Waals surface area contributed by atoms with E-state index in [1.165, 1.54) is 0 Å². The molecule has 0 fully saturated rings. The van der Waals surface area contributed by atoms with Crippen molar-refractivity contribution >= 4 is 37.4 Å². The zero-order valence-electron chi connectivity index (χ0n) is 5.17. The van der Waals surface area contributed by atoms with E-state index in [2.05, 4.69) is 31.8 Å². The van der Waals surface area contributed by atoms with Crippen molar-refractivity contribution in [2.45, 2.75) is 0 Å². The molecule has 3 heteroatoms. The summed E-state index contributed by atoms with van der Waals surface area (Å²) in [4.78, 5) is 10.8. The van der Waals surface area contributed by atoms with Crippen LogP contribution in [0.2, 0.25) is 0 Å². The molecule has 1 aromatic carbocycles. The van der Waals surface area contributed by atoms with E-state index in [0.29, 0.717) is 0 Å². The summed E-state index contributed by atoms with van der Waals surface area (Å²) >= 11 is 2.14. The molecule has 0 radical (unpaired) electrons. The van der Waals surface area contributed by atoms with Crippen molar-refractivity contribution in [1.82, 2.24) is 0 Å². The highest BCUT2D eigenvalue weighted by Crippen LogP contribution is 2.14. The van der Waals surface area contributed by atoms with Gasteiger partial charge in [-0.15, -0.1) is 0 Å². The molecule has 52 valence electrons. The van der Waals surface area contributed by atoms with Crippen LogP contribution in [0.3, 0.4) is 0 Å². The average molecular weight is 264 g/mol. The van der Waals surface area contributed by atoms with Gasteiger partial charge in [0.1, 0.15) is 0 Å². The Kier molecular flexibility index (Phi) is 2.81. The Balaban J connectivity index is 3.15. The Morgan fingerprint density at radius 2 is 2.00 bits per heavy atom. The lowest BCUT2D eigenvalue weighted by atomic mass is 10.2. The molecule has 1 atom stereocenters. The monoisotopic (exact) mass is 264 g/mol. The smallest absolute Gasteiger partial charge is 0.179 e. The molecule has 0 aliphatic heterocycles. The Morgan fingerprint density at radius 3 is 2.40 bits per heavy atom. The van der Waals surface area contributed by atoms with Crippen LogP contribution in [0.4, 0.5) is 0 Å². The predicted molar refractivity (Wildman–Crippen MR) is 53.2 cm³/mol. The Hall–Kier alpha value is 0.0500. The highest BCUT2D eigenvalue weighted by atomic mass is 127. The highest BCUT2D eigenvalue weighted by Gasteiger charge is 2.01. The third-order valence-corrected chi connectivity index (χ3v) is 2.39. The van der Waals surface area contributed by atoms with E-state index in [0.717, 1.165) is 9.13 Å². The normalized spacial score (nSPS) is 9.40. The molecule has 0 aromatic heterocycles. The molecule has 0 spiro atoms. The molecule has 0 N–H and O–H groups in total. The van der Waals surface area contributed by atoms with Gasteiger partial charge in [0.2, 0.25) is 0 Å². The van der Waals surface area contributed by atoms with Gasteiger partial charge >= 0.3 is 0 Å². The predicted octanol–water partition coefficient (Wildman–Crippen LogP) is 2.31. The quantitative estimate of drug-likeness (QED) is 0.562. The van der Waals surface area contributed by atoms with E-state index < -0.39 is 0 Å². The van der Waals surface area contributed by atoms with Crippen LogP contribution in [0, 0.1) is 3.57 Å². The highest BCUT2D eigenvalue weighted by molar-refractivity contribution is 14.1. The lowest BCUT2D eigenvalue weighted by Gasteiger charge is -1.95. The summed E-state index contributed by atoms with van der Waals surface area (Å²) in [5.74, 6) is 0. The van der Waals surface area contributed by atoms with E-state index in [4.69, 9.17) is 0 Å². The Bertz CT molecular complexity index is 260. The summed E-state index contributed by atoms with van der Waals surface area (Å²) in [6, 6.07) is 7.51. The topological polar surface area (TPSA) is 17.1 Å². The number of hydrogen-bond donors (Lipinski definition) is 0. The van der Waals surface area contributed by atoms with E-state index >= 15 is 0 Å². The van der Waals surface area contributed by atoms with Crippen LogP contribution in [0.25, 0.3) is 0 Å². The van der Waals surface area contributed by atoms with Gasteiger partial charge in [-0.1, -0.05) is 21.4 Å². The SMILES string of the molecule is O=C(P)c1ccccc1I. The average Bonchev–Trinajstić information content (AvgIpc) is 1.88. The van der Waals surface area contributed by atoms with Crippen molar-refractivity contribution in [2.75, 3.05) is 0 Å². The minimum atomic E-state index is 0.0463. The van der Waals surface area contributed by atoms with Gasteiger partial charge in [-0.25, -0.2) is 0 Å². The first-order valence-electron chi connectivity index (χ1n) is 2.76. The number of carbonyl (C=O) groups excluding carboxylic acids is 1. The second-order valence-corrected chi connectivity index (χ2v) is 3.53. The van der Waals surface area contributed by atoms with Crippen molar-refractivity contribution < 1.29 is 4.79 Å². The van der Waals surface area contributed by atoms with Gasteiger partial charge in [0.15, 0.2) is 5.52 Å². The summed E-state index contributed by atoms with van der Waals surface area (Å²) in [7, 11) is 2.16. The lowest BCUT2D eigenvalue weighted by molar-refractivity contribution is 0.108. The van der Waals surface area contributed by atoms with Gasteiger partial charge in [-0.05, 0) is 34.7 Å². The molecular formula is C7H6IOP. The Morgan fingerprint density at radius 1 is 1.40 bits per heavy atom. The van der Waals surface area contributed by atoms with E-state index in [-0.39, 0.29) is 5.52 Å². The molecule has 0 heterocycles. The first-order chi connectivity index (χ1) is 4.72. The molecule has 1 nitrogen and oxygen atoms in total. The van der Waals surface area contributed by atoms with Crippen molar-refractivity contribution in [3.05, 3.63) is 33.4 Å². The largest absolute Gasteiger partial charge is 0.290 e. The lowest BCUT2D eigenvalue weighted by Crippen LogP contribution is -1.90. The Labute approximate surface area is 75.5 Å². The van der Waals surface area contributed by atoms with Gasteiger partial charge in [0, 0.05) is 9.13 Å². The first kappa shape index (κ1) is 8.15. The molecule has 1 rings (SSSR count). The molecule has 0 saturated heterocycles. The first-order valence-corrected chi connectivity index (χ1v) is 4.42. The second kappa shape index (κ2) is 3.44. The molecule has 0 bridgehead atoms. The molecule has 0 amide bonds. The molecular weight excluding hydrogens is 258 g/mol. The van der Waals surface area contributed by atoms with Gasteiger partial charge in [0.25, 0.3) is 0 Å². The summed E-state index contributed by atoms with van der Waals surface area (Å²) in [5.41, 5.74) is 0.818. The standard InChI is InChI=1S/C7H6IOP/c8-6-4-2-1-3-5(6)7(9)10/h1-4H,10H2. The maximum Gasteiger partial charge on any atom is 0.179 e. The van der Waals surface area contributed by atoms with Gasteiger partial charge in [-0.3, -0.25) is 4.79 Å². The van der Waals surface area contributed by atoms with Crippen LogP contribution >= 0.6 is 31.8 Å². The van der Waals surface area contributed by atoms with Gasteiger partial charge in [0.05, 0.1) is 0 Å². The number of carbonyl (C=O) groups is 1. The summed E-state index contributed by atoms with van der Waals surface area (Å²) in [6.07, 6.45) is 0. The summed E-state index contributed by atoms with van der Waals surface area (Å²) in [5, 5.41) is 0. The van der Waals surface area contributed by atoms with Gasteiger partial charge in [-0.2, -0.15) is 0 Å². The van der Waals surface area contributed by atoms with Crippen molar-refractivity contribution in [2.24, 2.45) is 0 Å². The minimum Gasteiger partial charge on any atom is -0.290 e. The third kappa shape index (κ3) is 1.77. The van der Waals surface area contributed by atoms with Crippen LogP contribution in [-0.2, 0) is 0 Å². The van der Waals surface area contributed by atoms with Crippen LogP contribution in [0.5, 0.6) is 0 Å². The molecule has 0 aliphatic carbocycles. The summed E-state index contributed by atoms with van der Waals surface area (Å²) < 4.78 is 1.00. The zero-order valence-corrected chi connectivity index (χ0v) is 8.49. The molecule has 1 aromatic rings. The number of benzene rings is 1. The third-order valence-electron chi connectivity index (χ3n) is 1.14. The minimum absolute atomic E-state index is 0.0463.